The summed E-state index contributed by atoms with van der Waals surface area (Å²) in [7, 11) is 3.73. The van der Waals surface area contributed by atoms with Crippen molar-refractivity contribution in [2.45, 2.75) is 13.8 Å². The largest absolute Gasteiger partial charge is 0.435 e. The highest BCUT2D eigenvalue weighted by molar-refractivity contribution is 9.10. The SMILES string of the molecule is Cc1nc(Oc2c(C)nc(Br)c3ccccc23)c(C(=O)/C=C/N(C)C)s1. The van der Waals surface area contributed by atoms with Crippen molar-refractivity contribution in [3.8, 4) is 11.6 Å². The van der Waals surface area contributed by atoms with E-state index in [0.717, 1.165) is 26.1 Å². The van der Waals surface area contributed by atoms with Crippen molar-refractivity contribution in [3.63, 3.8) is 0 Å². The number of halogens is 1. The highest BCUT2D eigenvalue weighted by Gasteiger charge is 2.20. The number of rotatable bonds is 5. The third-order valence-electron chi connectivity index (χ3n) is 3.64. The van der Waals surface area contributed by atoms with Crippen LogP contribution in [0.4, 0.5) is 0 Å². The lowest BCUT2D eigenvalue weighted by Gasteiger charge is -2.11. The molecule has 0 radical (unpaired) electrons. The van der Waals surface area contributed by atoms with E-state index in [4.69, 9.17) is 4.74 Å². The summed E-state index contributed by atoms with van der Waals surface area (Å²) < 4.78 is 6.87. The molecule has 0 atom stereocenters. The van der Waals surface area contributed by atoms with Gasteiger partial charge in [-0.1, -0.05) is 24.3 Å². The summed E-state index contributed by atoms with van der Waals surface area (Å²) in [4.78, 5) is 23.7. The molecule has 0 saturated carbocycles. The first kappa shape index (κ1) is 18.5. The van der Waals surface area contributed by atoms with E-state index in [1.165, 1.54) is 17.4 Å². The monoisotopic (exact) mass is 431 g/mol. The molecule has 0 N–H and O–H groups in total. The summed E-state index contributed by atoms with van der Waals surface area (Å²) in [6.45, 7) is 3.73. The Hall–Kier alpha value is -2.25. The van der Waals surface area contributed by atoms with Crippen LogP contribution in [0.1, 0.15) is 20.4 Å². The number of aryl methyl sites for hydroxylation is 2. The zero-order chi connectivity index (χ0) is 18.8. The van der Waals surface area contributed by atoms with Crippen LogP contribution in [0, 0.1) is 13.8 Å². The van der Waals surface area contributed by atoms with Crippen molar-refractivity contribution in [2.24, 2.45) is 0 Å². The van der Waals surface area contributed by atoms with Gasteiger partial charge in [-0.25, -0.2) is 9.97 Å². The minimum absolute atomic E-state index is 0.133. The average molecular weight is 432 g/mol. The molecule has 5 nitrogen and oxygen atoms in total. The minimum Gasteiger partial charge on any atom is -0.435 e. The molecule has 2 heterocycles. The average Bonchev–Trinajstić information content (AvgIpc) is 2.97. The highest BCUT2D eigenvalue weighted by atomic mass is 79.9. The highest BCUT2D eigenvalue weighted by Crippen LogP contribution is 2.37. The van der Waals surface area contributed by atoms with E-state index in [1.54, 1.807) is 6.20 Å². The van der Waals surface area contributed by atoms with Crippen LogP contribution in [0.5, 0.6) is 11.6 Å². The second-order valence-corrected chi connectivity index (χ2v) is 7.93. The van der Waals surface area contributed by atoms with Gasteiger partial charge in [-0.15, -0.1) is 11.3 Å². The fourth-order valence-corrected chi connectivity index (χ4v) is 3.84. The van der Waals surface area contributed by atoms with Crippen molar-refractivity contribution >= 4 is 43.8 Å². The van der Waals surface area contributed by atoms with Crippen LogP contribution in [-0.4, -0.2) is 34.7 Å². The van der Waals surface area contributed by atoms with E-state index in [2.05, 4.69) is 25.9 Å². The molecule has 0 fully saturated rings. The van der Waals surface area contributed by atoms with Gasteiger partial charge in [0.05, 0.1) is 10.7 Å². The van der Waals surface area contributed by atoms with Crippen LogP contribution in [-0.2, 0) is 0 Å². The number of thiazole rings is 1. The first-order valence-electron chi connectivity index (χ1n) is 7.96. The number of allylic oxidation sites excluding steroid dienone is 1. The van der Waals surface area contributed by atoms with Gasteiger partial charge in [0.15, 0.2) is 5.75 Å². The van der Waals surface area contributed by atoms with E-state index in [9.17, 15) is 4.79 Å². The predicted molar refractivity (Wildman–Crippen MR) is 108 cm³/mol. The van der Waals surface area contributed by atoms with Gasteiger partial charge in [-0.2, -0.15) is 0 Å². The summed E-state index contributed by atoms with van der Waals surface area (Å²) in [5.41, 5.74) is 0.725. The number of ketones is 1. The molecule has 1 aromatic carbocycles. The number of hydrogen-bond acceptors (Lipinski definition) is 6. The second-order valence-electron chi connectivity index (χ2n) is 5.98. The number of carbonyl (C=O) groups is 1. The number of nitrogens with zero attached hydrogens (tertiary/aromatic N) is 3. The van der Waals surface area contributed by atoms with Crippen LogP contribution in [0.25, 0.3) is 10.8 Å². The minimum atomic E-state index is -0.133. The Bertz CT molecular complexity index is 1010. The molecule has 3 aromatic rings. The Morgan fingerprint density at radius 3 is 2.58 bits per heavy atom. The Balaban J connectivity index is 2.06. The maximum absolute atomic E-state index is 12.5. The van der Waals surface area contributed by atoms with Gasteiger partial charge in [0.25, 0.3) is 0 Å². The molecule has 0 spiro atoms. The Kier molecular flexibility index (Phi) is 5.38. The molecular weight excluding hydrogens is 414 g/mol. The van der Waals surface area contributed by atoms with Crippen molar-refractivity contribution in [2.75, 3.05) is 14.1 Å². The second kappa shape index (κ2) is 7.55. The van der Waals surface area contributed by atoms with Crippen molar-refractivity contribution in [1.29, 1.82) is 0 Å². The smallest absolute Gasteiger partial charge is 0.241 e. The number of ether oxygens (including phenoxy) is 1. The molecule has 0 saturated heterocycles. The van der Waals surface area contributed by atoms with Crippen molar-refractivity contribution in [1.82, 2.24) is 14.9 Å². The molecule has 0 aliphatic carbocycles. The summed E-state index contributed by atoms with van der Waals surface area (Å²) >= 11 is 4.82. The van der Waals surface area contributed by atoms with Gasteiger partial charge < -0.3 is 9.64 Å². The molecule has 7 heteroatoms. The maximum atomic E-state index is 12.5. The van der Waals surface area contributed by atoms with Crippen LogP contribution in [0.2, 0.25) is 0 Å². The number of benzene rings is 1. The zero-order valence-corrected chi connectivity index (χ0v) is 17.3. The van der Waals surface area contributed by atoms with Gasteiger partial charge in [0, 0.05) is 37.1 Å². The van der Waals surface area contributed by atoms with Gasteiger partial charge in [0.2, 0.25) is 11.7 Å². The molecule has 0 aliphatic heterocycles. The zero-order valence-electron chi connectivity index (χ0n) is 14.9. The molecule has 0 bridgehead atoms. The van der Waals surface area contributed by atoms with E-state index >= 15 is 0 Å². The third-order valence-corrected chi connectivity index (χ3v) is 5.21. The molecule has 2 aromatic heterocycles. The number of fused-ring (bicyclic) bond motifs is 1. The van der Waals surface area contributed by atoms with E-state index in [1.807, 2.05) is 57.1 Å². The van der Waals surface area contributed by atoms with Gasteiger partial charge >= 0.3 is 0 Å². The Morgan fingerprint density at radius 2 is 1.88 bits per heavy atom. The van der Waals surface area contributed by atoms with Gasteiger partial charge in [-0.3, -0.25) is 4.79 Å². The standard InChI is InChI=1S/C19H18BrN3O2S/c1-11-16(13-7-5-6-8-14(13)18(20)21-11)25-19-17(26-12(2)22-19)15(24)9-10-23(3)4/h5-10H,1-4H3/b10-9+. The fraction of sp³-hybridized carbons (Fsp3) is 0.211. The van der Waals surface area contributed by atoms with Crippen LogP contribution in [0.3, 0.4) is 0 Å². The van der Waals surface area contributed by atoms with Gasteiger partial charge in [0.1, 0.15) is 9.48 Å². The summed E-state index contributed by atoms with van der Waals surface area (Å²) in [6.07, 6.45) is 3.23. The van der Waals surface area contributed by atoms with Crippen molar-refractivity contribution in [3.05, 3.63) is 56.7 Å². The third kappa shape index (κ3) is 3.78. The number of carbonyl (C=O) groups excluding carboxylic acids is 1. The van der Waals surface area contributed by atoms with E-state index < -0.39 is 0 Å². The first-order valence-corrected chi connectivity index (χ1v) is 9.57. The normalized spacial score (nSPS) is 11.3. The van der Waals surface area contributed by atoms with E-state index in [0.29, 0.717) is 16.5 Å². The number of hydrogen-bond donors (Lipinski definition) is 0. The quantitative estimate of drug-likeness (QED) is 0.318. The molecule has 0 amide bonds. The van der Waals surface area contributed by atoms with Crippen LogP contribution in [0.15, 0.2) is 41.1 Å². The summed E-state index contributed by atoms with van der Waals surface area (Å²) in [6, 6.07) is 7.83. The lowest BCUT2D eigenvalue weighted by molar-refractivity contribution is 0.104. The number of aromatic nitrogens is 2. The fourth-order valence-electron chi connectivity index (χ4n) is 2.46. The van der Waals surface area contributed by atoms with E-state index in [-0.39, 0.29) is 5.78 Å². The Morgan fingerprint density at radius 1 is 1.19 bits per heavy atom. The first-order chi connectivity index (χ1) is 12.4. The van der Waals surface area contributed by atoms with Gasteiger partial charge in [-0.05, 0) is 29.8 Å². The summed E-state index contributed by atoms with van der Waals surface area (Å²) in [5, 5.41) is 2.63. The Labute approximate surface area is 164 Å². The molecule has 26 heavy (non-hydrogen) atoms. The van der Waals surface area contributed by atoms with Crippen LogP contribution >= 0.6 is 27.3 Å². The summed E-state index contributed by atoms with van der Waals surface area (Å²) in [5.74, 6) is 0.796. The molecular formula is C19H18BrN3O2S. The molecule has 0 aliphatic rings. The molecule has 134 valence electrons. The molecule has 0 unspecified atom stereocenters. The topological polar surface area (TPSA) is 55.3 Å². The van der Waals surface area contributed by atoms with Crippen LogP contribution < -0.4 is 4.74 Å². The lowest BCUT2D eigenvalue weighted by atomic mass is 10.1. The lowest BCUT2D eigenvalue weighted by Crippen LogP contribution is -2.03. The number of pyridine rings is 1. The van der Waals surface area contributed by atoms with Crippen molar-refractivity contribution < 1.29 is 9.53 Å². The molecule has 3 rings (SSSR count). The predicted octanol–water partition coefficient (Wildman–Crippen LogP) is 5.12. The maximum Gasteiger partial charge on any atom is 0.241 e.